The molecule has 0 fully saturated rings. The fraction of sp³-hybridized carbons (Fsp3) is 0.0909. The molecule has 0 aromatic heterocycles. The predicted molar refractivity (Wildman–Crippen MR) is 235 cm³/mol. The first-order chi connectivity index (χ1) is 27.0. The SMILES string of the molecule is CC1(C)c2ccccc2-c2ccc(-c3c4ccccc4c(-c4ccc(-c5ccc6ccccc6c5)cc4)c4cc(C5=CC6C=CC=CC6C=C5)ccc34)cc21. The van der Waals surface area contributed by atoms with Gasteiger partial charge in [0.05, 0.1) is 0 Å². The van der Waals surface area contributed by atoms with Crippen molar-refractivity contribution in [3.05, 3.63) is 211 Å². The van der Waals surface area contributed by atoms with Crippen LogP contribution < -0.4 is 0 Å². The maximum atomic E-state index is 2.48. The third-order valence-electron chi connectivity index (χ3n) is 12.6. The molecule has 0 saturated heterocycles. The number of rotatable bonds is 4. The van der Waals surface area contributed by atoms with E-state index in [1.807, 2.05) is 0 Å². The zero-order valence-electron chi connectivity index (χ0n) is 31.1. The third-order valence-corrected chi connectivity index (χ3v) is 12.6. The van der Waals surface area contributed by atoms with Crippen molar-refractivity contribution < 1.29 is 0 Å². The summed E-state index contributed by atoms with van der Waals surface area (Å²) in [6.45, 7) is 4.75. The molecule has 8 aromatic carbocycles. The molecule has 260 valence electrons. The maximum Gasteiger partial charge on any atom is 0.0159 e. The molecule has 2 atom stereocenters. The lowest BCUT2D eigenvalue weighted by Crippen LogP contribution is -2.14. The van der Waals surface area contributed by atoms with E-state index < -0.39 is 0 Å². The molecule has 0 aliphatic heterocycles. The molecule has 0 N–H and O–H groups in total. The second-order valence-corrected chi connectivity index (χ2v) is 16.0. The first-order valence-corrected chi connectivity index (χ1v) is 19.6. The molecule has 0 bridgehead atoms. The Morgan fingerprint density at radius 2 is 1.02 bits per heavy atom. The average Bonchev–Trinajstić information content (AvgIpc) is 3.47. The van der Waals surface area contributed by atoms with Crippen LogP contribution in [0.5, 0.6) is 0 Å². The smallest absolute Gasteiger partial charge is 0.0159 e. The summed E-state index contributed by atoms with van der Waals surface area (Å²) < 4.78 is 0. The van der Waals surface area contributed by atoms with Gasteiger partial charge < -0.3 is 0 Å². The molecule has 3 aliphatic rings. The fourth-order valence-corrected chi connectivity index (χ4v) is 9.71. The lowest BCUT2D eigenvalue weighted by molar-refractivity contribution is 0.660. The van der Waals surface area contributed by atoms with E-state index in [9.17, 15) is 0 Å². The Hall–Kier alpha value is -6.50. The highest BCUT2D eigenvalue weighted by Crippen LogP contribution is 2.51. The Morgan fingerprint density at radius 3 is 1.85 bits per heavy atom. The van der Waals surface area contributed by atoms with E-state index in [4.69, 9.17) is 0 Å². The van der Waals surface area contributed by atoms with Gasteiger partial charge in [0.2, 0.25) is 0 Å². The molecule has 0 saturated carbocycles. The summed E-state index contributed by atoms with van der Waals surface area (Å²) in [5.41, 5.74) is 15.5. The van der Waals surface area contributed by atoms with Crippen LogP contribution in [0.1, 0.15) is 30.5 Å². The number of hydrogen-bond donors (Lipinski definition) is 0. The number of allylic oxidation sites excluding steroid dienone is 8. The van der Waals surface area contributed by atoms with Gasteiger partial charge in [0, 0.05) is 17.3 Å². The zero-order chi connectivity index (χ0) is 36.7. The molecular weight excluding hydrogens is 661 g/mol. The molecule has 55 heavy (non-hydrogen) atoms. The Kier molecular flexibility index (Phi) is 7.13. The summed E-state index contributed by atoms with van der Waals surface area (Å²) in [5.74, 6) is 0.811. The van der Waals surface area contributed by atoms with Crippen molar-refractivity contribution in [2.24, 2.45) is 11.8 Å². The molecule has 0 radical (unpaired) electrons. The third kappa shape index (κ3) is 5.05. The summed E-state index contributed by atoms with van der Waals surface area (Å²) in [5, 5.41) is 7.65. The van der Waals surface area contributed by atoms with E-state index in [1.165, 1.54) is 99.1 Å². The topological polar surface area (TPSA) is 0 Å². The Balaban J connectivity index is 1.13. The van der Waals surface area contributed by atoms with Crippen LogP contribution in [0, 0.1) is 11.8 Å². The van der Waals surface area contributed by atoms with Crippen molar-refractivity contribution in [2.45, 2.75) is 19.3 Å². The van der Waals surface area contributed by atoms with Crippen LogP contribution >= 0.6 is 0 Å². The molecule has 0 spiro atoms. The second-order valence-electron chi connectivity index (χ2n) is 16.0. The summed E-state index contributed by atoms with van der Waals surface area (Å²) in [7, 11) is 0. The van der Waals surface area contributed by atoms with Crippen LogP contribution in [-0.2, 0) is 5.41 Å². The van der Waals surface area contributed by atoms with Gasteiger partial charge in [-0.05, 0) is 117 Å². The fourth-order valence-electron chi connectivity index (χ4n) is 9.71. The van der Waals surface area contributed by atoms with E-state index in [0.29, 0.717) is 11.8 Å². The van der Waals surface area contributed by atoms with Gasteiger partial charge >= 0.3 is 0 Å². The van der Waals surface area contributed by atoms with Gasteiger partial charge in [0.1, 0.15) is 0 Å². The van der Waals surface area contributed by atoms with Crippen LogP contribution in [0.3, 0.4) is 0 Å². The van der Waals surface area contributed by atoms with Gasteiger partial charge in [-0.3, -0.25) is 0 Å². The lowest BCUT2D eigenvalue weighted by atomic mass is 9.79. The van der Waals surface area contributed by atoms with E-state index in [0.717, 1.165) is 0 Å². The molecule has 3 aliphatic carbocycles. The molecule has 0 heteroatoms. The minimum Gasteiger partial charge on any atom is -0.0767 e. The molecule has 0 heterocycles. The highest BCUT2D eigenvalue weighted by Gasteiger charge is 2.35. The predicted octanol–water partition coefficient (Wildman–Crippen LogP) is 14.8. The normalized spacial score (nSPS) is 17.7. The molecule has 0 amide bonds. The van der Waals surface area contributed by atoms with Crippen molar-refractivity contribution in [3.8, 4) is 44.5 Å². The van der Waals surface area contributed by atoms with E-state index in [1.54, 1.807) is 0 Å². The van der Waals surface area contributed by atoms with E-state index >= 15 is 0 Å². The lowest BCUT2D eigenvalue weighted by Gasteiger charge is -2.24. The Labute approximate surface area is 323 Å². The maximum absolute atomic E-state index is 2.48. The molecular formula is C55H40. The molecule has 2 unspecified atom stereocenters. The standard InChI is InChI=1S/C55H40/c1-55(2)51-18-10-9-15-45(51)46-29-28-44(34-52(46)55)54-48-17-8-7-16-47(48)53(38-23-19-37(20-24-38)41-25-21-35-11-3-5-13-39(35)31-41)50-33-43(27-30-49(50)54)42-26-22-36-12-4-6-14-40(36)32-42/h3-34,36,40H,1-2H3. The number of benzene rings is 8. The van der Waals surface area contributed by atoms with Gasteiger partial charge in [-0.25, -0.2) is 0 Å². The van der Waals surface area contributed by atoms with Gasteiger partial charge in [-0.2, -0.15) is 0 Å². The van der Waals surface area contributed by atoms with Crippen molar-refractivity contribution in [3.63, 3.8) is 0 Å². The van der Waals surface area contributed by atoms with Crippen molar-refractivity contribution in [2.75, 3.05) is 0 Å². The summed E-state index contributed by atoms with van der Waals surface area (Å²) in [6, 6.07) is 57.0. The monoisotopic (exact) mass is 700 g/mol. The molecule has 0 nitrogen and oxygen atoms in total. The van der Waals surface area contributed by atoms with Gasteiger partial charge in [-0.1, -0.05) is 190 Å². The highest BCUT2D eigenvalue weighted by atomic mass is 14.4. The van der Waals surface area contributed by atoms with Crippen LogP contribution in [0.15, 0.2) is 194 Å². The number of fused-ring (bicyclic) bond motifs is 7. The van der Waals surface area contributed by atoms with Crippen molar-refractivity contribution >= 4 is 37.9 Å². The first kappa shape index (κ1) is 32.0. The zero-order valence-corrected chi connectivity index (χ0v) is 31.1. The number of hydrogen-bond acceptors (Lipinski definition) is 0. The molecule has 11 rings (SSSR count). The summed E-state index contributed by atoms with van der Waals surface area (Å²) in [4.78, 5) is 0. The highest BCUT2D eigenvalue weighted by molar-refractivity contribution is 6.22. The largest absolute Gasteiger partial charge is 0.0767 e. The van der Waals surface area contributed by atoms with Crippen molar-refractivity contribution in [1.82, 2.24) is 0 Å². The summed E-state index contributed by atoms with van der Waals surface area (Å²) >= 11 is 0. The second kappa shape index (κ2) is 12.3. The first-order valence-electron chi connectivity index (χ1n) is 19.6. The van der Waals surface area contributed by atoms with Crippen LogP contribution in [0.4, 0.5) is 0 Å². The van der Waals surface area contributed by atoms with Crippen LogP contribution in [0.25, 0.3) is 82.4 Å². The van der Waals surface area contributed by atoms with Gasteiger partial charge in [-0.15, -0.1) is 0 Å². The Bertz CT molecular complexity index is 3000. The van der Waals surface area contributed by atoms with E-state index in [2.05, 4.69) is 208 Å². The summed E-state index contributed by atoms with van der Waals surface area (Å²) in [6.07, 6.45) is 16.1. The minimum atomic E-state index is -0.0755. The average molecular weight is 701 g/mol. The van der Waals surface area contributed by atoms with Crippen LogP contribution in [0.2, 0.25) is 0 Å². The van der Waals surface area contributed by atoms with Crippen molar-refractivity contribution in [1.29, 1.82) is 0 Å². The van der Waals surface area contributed by atoms with Crippen LogP contribution in [-0.4, -0.2) is 0 Å². The van der Waals surface area contributed by atoms with Gasteiger partial charge in [0.15, 0.2) is 0 Å². The minimum absolute atomic E-state index is 0.0755. The van der Waals surface area contributed by atoms with Gasteiger partial charge in [0.25, 0.3) is 0 Å². The van der Waals surface area contributed by atoms with E-state index in [-0.39, 0.29) is 5.41 Å². The molecule has 8 aromatic rings. The quantitative estimate of drug-likeness (QED) is 0.160. The Morgan fingerprint density at radius 1 is 0.400 bits per heavy atom.